The second kappa shape index (κ2) is 12.9. The SMILES string of the molecule is C.Cc1ccc(CN(CCO)CCCNC(=O)O)cc1C(=O)NCC12CCCC(CCC1)C2. The van der Waals surface area contributed by atoms with Gasteiger partial charge in [-0.05, 0) is 61.1 Å². The van der Waals surface area contributed by atoms with E-state index in [1.54, 1.807) is 0 Å². The zero-order valence-corrected chi connectivity index (χ0v) is 19.4. The summed E-state index contributed by atoms with van der Waals surface area (Å²) in [6.07, 6.45) is 8.65. The van der Waals surface area contributed by atoms with Crippen LogP contribution in [0.5, 0.6) is 0 Å². The van der Waals surface area contributed by atoms with E-state index < -0.39 is 6.09 Å². The van der Waals surface area contributed by atoms with E-state index in [0.717, 1.165) is 29.2 Å². The number of nitrogens with one attached hydrogen (secondary N) is 2. The van der Waals surface area contributed by atoms with Crippen molar-refractivity contribution in [2.24, 2.45) is 11.3 Å². The topological polar surface area (TPSA) is 102 Å². The summed E-state index contributed by atoms with van der Waals surface area (Å²) in [4.78, 5) is 25.8. The molecule has 2 saturated carbocycles. The number of amides is 2. The highest BCUT2D eigenvalue weighted by Crippen LogP contribution is 2.48. The highest BCUT2D eigenvalue weighted by atomic mass is 16.4. The van der Waals surface area contributed by atoms with Gasteiger partial charge in [-0.1, -0.05) is 45.2 Å². The Morgan fingerprint density at radius 1 is 1.15 bits per heavy atom. The van der Waals surface area contributed by atoms with Crippen molar-refractivity contribution in [1.82, 2.24) is 15.5 Å². The predicted molar refractivity (Wildman–Crippen MR) is 131 cm³/mol. The van der Waals surface area contributed by atoms with Gasteiger partial charge in [0.1, 0.15) is 0 Å². The van der Waals surface area contributed by atoms with Gasteiger partial charge in [0.2, 0.25) is 0 Å². The first-order chi connectivity index (χ1) is 15.4. The van der Waals surface area contributed by atoms with Gasteiger partial charge in [0.25, 0.3) is 5.91 Å². The molecule has 0 heterocycles. The number of hydrogen-bond donors (Lipinski definition) is 4. The largest absolute Gasteiger partial charge is 0.465 e. The molecule has 2 aliphatic carbocycles. The average molecular weight is 462 g/mol. The molecule has 0 atom stereocenters. The van der Waals surface area contributed by atoms with Crippen LogP contribution < -0.4 is 10.6 Å². The summed E-state index contributed by atoms with van der Waals surface area (Å²) < 4.78 is 0. The van der Waals surface area contributed by atoms with Crippen LogP contribution in [0.3, 0.4) is 0 Å². The maximum Gasteiger partial charge on any atom is 0.404 e. The molecule has 1 aromatic rings. The molecule has 4 N–H and O–H groups in total. The predicted octanol–water partition coefficient (Wildman–Crippen LogP) is 4.17. The van der Waals surface area contributed by atoms with Crippen molar-refractivity contribution in [2.45, 2.75) is 72.3 Å². The molecular formula is C26H43N3O4. The number of aliphatic hydroxyl groups excluding tert-OH is 1. The first-order valence-corrected chi connectivity index (χ1v) is 12.1. The van der Waals surface area contributed by atoms with Crippen molar-refractivity contribution in [3.8, 4) is 0 Å². The third kappa shape index (κ3) is 8.00. The monoisotopic (exact) mass is 461 g/mol. The van der Waals surface area contributed by atoms with Gasteiger partial charge in [-0.25, -0.2) is 4.79 Å². The number of rotatable bonds is 11. The van der Waals surface area contributed by atoms with Crippen molar-refractivity contribution >= 4 is 12.0 Å². The van der Waals surface area contributed by atoms with Gasteiger partial charge in [0, 0.05) is 38.3 Å². The zero-order chi connectivity index (χ0) is 23.0. The first-order valence-electron chi connectivity index (χ1n) is 12.1. The van der Waals surface area contributed by atoms with E-state index in [-0.39, 0.29) is 19.9 Å². The van der Waals surface area contributed by atoms with Gasteiger partial charge in [-0.2, -0.15) is 0 Å². The summed E-state index contributed by atoms with van der Waals surface area (Å²) in [6, 6.07) is 5.98. The van der Waals surface area contributed by atoms with Gasteiger partial charge < -0.3 is 20.8 Å². The van der Waals surface area contributed by atoms with Gasteiger partial charge in [-0.15, -0.1) is 0 Å². The molecule has 0 unspecified atom stereocenters. The fourth-order valence-corrected chi connectivity index (χ4v) is 5.61. The van der Waals surface area contributed by atoms with Gasteiger partial charge >= 0.3 is 6.09 Å². The lowest BCUT2D eigenvalue weighted by Crippen LogP contribution is -2.43. The number of hydrogen-bond acceptors (Lipinski definition) is 4. The Morgan fingerprint density at radius 2 is 1.88 bits per heavy atom. The van der Waals surface area contributed by atoms with E-state index in [1.165, 1.54) is 44.9 Å². The van der Waals surface area contributed by atoms with Gasteiger partial charge in [0.05, 0.1) is 6.61 Å². The third-order valence-corrected chi connectivity index (χ3v) is 7.28. The molecule has 2 amide bonds. The van der Waals surface area contributed by atoms with Gasteiger partial charge in [-0.3, -0.25) is 9.69 Å². The summed E-state index contributed by atoms with van der Waals surface area (Å²) >= 11 is 0. The van der Waals surface area contributed by atoms with E-state index in [1.807, 2.05) is 25.1 Å². The standard InChI is InChI=1S/C25H39N3O4.CH4/c1-19-7-8-21(17-28(13-14-29)12-4-11-26-24(31)32)15-22(19)23(30)27-18-25-9-2-5-20(16-25)6-3-10-25;/h7-8,15,20,26,29H,2-6,9-14,16-18H2,1H3,(H,27,30)(H,31,32);1H4. The molecule has 0 spiro atoms. The summed E-state index contributed by atoms with van der Waals surface area (Å²) in [6.45, 7) is 4.94. The summed E-state index contributed by atoms with van der Waals surface area (Å²) in [5.41, 5.74) is 3.00. The normalized spacial score (nSPS) is 21.8. The van der Waals surface area contributed by atoms with E-state index in [4.69, 9.17) is 5.11 Å². The van der Waals surface area contributed by atoms with Crippen molar-refractivity contribution in [1.29, 1.82) is 0 Å². The number of carbonyl (C=O) groups is 2. The van der Waals surface area contributed by atoms with Crippen LogP contribution in [0.4, 0.5) is 4.79 Å². The summed E-state index contributed by atoms with van der Waals surface area (Å²) in [7, 11) is 0. The first kappa shape index (κ1) is 27.1. The van der Waals surface area contributed by atoms with Crippen molar-refractivity contribution in [3.05, 3.63) is 34.9 Å². The van der Waals surface area contributed by atoms with Crippen LogP contribution in [0, 0.1) is 18.3 Å². The average Bonchev–Trinajstić information content (AvgIpc) is 2.76. The molecule has 0 aromatic heterocycles. The molecule has 0 aliphatic heterocycles. The Hall–Kier alpha value is -2.12. The van der Waals surface area contributed by atoms with E-state index >= 15 is 0 Å². The Bertz CT molecular complexity index is 773. The van der Waals surface area contributed by atoms with E-state index in [9.17, 15) is 14.7 Å². The van der Waals surface area contributed by atoms with E-state index in [2.05, 4.69) is 15.5 Å². The fraction of sp³-hybridized carbons (Fsp3) is 0.692. The molecule has 2 bridgehead atoms. The van der Waals surface area contributed by atoms with Crippen LogP contribution in [0.15, 0.2) is 18.2 Å². The van der Waals surface area contributed by atoms with E-state index in [0.29, 0.717) is 38.0 Å². The molecule has 2 aliphatic rings. The maximum absolute atomic E-state index is 13.1. The van der Waals surface area contributed by atoms with Crippen molar-refractivity contribution < 1.29 is 19.8 Å². The Labute approximate surface area is 198 Å². The van der Waals surface area contributed by atoms with Crippen molar-refractivity contribution in [2.75, 3.05) is 32.8 Å². The third-order valence-electron chi connectivity index (χ3n) is 7.28. The minimum atomic E-state index is -1.02. The number of fused-ring (bicyclic) bond motifs is 2. The van der Waals surface area contributed by atoms with Crippen LogP contribution in [0.2, 0.25) is 0 Å². The molecule has 3 rings (SSSR count). The molecule has 33 heavy (non-hydrogen) atoms. The smallest absolute Gasteiger partial charge is 0.404 e. The lowest BCUT2D eigenvalue weighted by Gasteiger charge is -2.45. The molecule has 186 valence electrons. The molecule has 1 aromatic carbocycles. The lowest BCUT2D eigenvalue weighted by atomic mass is 9.62. The van der Waals surface area contributed by atoms with Gasteiger partial charge in [0.15, 0.2) is 0 Å². The number of carbonyl (C=O) groups excluding carboxylic acids is 1. The summed E-state index contributed by atoms with van der Waals surface area (Å²) in [5, 5.41) is 23.7. The molecule has 0 saturated heterocycles. The second-order valence-corrected chi connectivity index (χ2v) is 9.77. The molecule has 2 fully saturated rings. The van der Waals surface area contributed by atoms with Crippen LogP contribution in [-0.4, -0.2) is 59.9 Å². The number of benzene rings is 1. The van der Waals surface area contributed by atoms with Crippen LogP contribution >= 0.6 is 0 Å². The molecule has 7 heteroatoms. The highest BCUT2D eigenvalue weighted by Gasteiger charge is 2.39. The number of aryl methyl sites for hydroxylation is 1. The Morgan fingerprint density at radius 3 is 2.55 bits per heavy atom. The van der Waals surface area contributed by atoms with Crippen LogP contribution in [0.25, 0.3) is 0 Å². The lowest BCUT2D eigenvalue weighted by molar-refractivity contribution is 0.0681. The minimum absolute atomic E-state index is 0. The summed E-state index contributed by atoms with van der Waals surface area (Å²) in [5.74, 6) is 0.855. The minimum Gasteiger partial charge on any atom is -0.465 e. The molecular weight excluding hydrogens is 418 g/mol. The fourth-order valence-electron chi connectivity index (χ4n) is 5.61. The quantitative estimate of drug-likeness (QED) is 0.371. The Kier molecular flexibility index (Phi) is 10.6. The second-order valence-electron chi connectivity index (χ2n) is 9.77. The molecule has 0 radical (unpaired) electrons. The number of aliphatic hydroxyl groups is 1. The van der Waals surface area contributed by atoms with Crippen LogP contribution in [0.1, 0.15) is 80.3 Å². The zero-order valence-electron chi connectivity index (χ0n) is 19.4. The number of nitrogens with zero attached hydrogens (tertiary/aromatic N) is 1. The van der Waals surface area contributed by atoms with Crippen LogP contribution in [-0.2, 0) is 6.54 Å². The Balaban J connectivity index is 0.00000385. The molecule has 7 nitrogen and oxygen atoms in total. The maximum atomic E-state index is 13.1. The highest BCUT2D eigenvalue weighted by molar-refractivity contribution is 5.95. The van der Waals surface area contributed by atoms with Crippen molar-refractivity contribution in [3.63, 3.8) is 0 Å². The number of carboxylic acid groups (broad SMARTS) is 1.